The third-order valence-electron chi connectivity index (χ3n) is 3.87. The van der Waals surface area contributed by atoms with Crippen LogP contribution in [-0.4, -0.2) is 26.0 Å². The molecule has 2 rings (SSSR count). The second kappa shape index (κ2) is 6.64. The normalized spacial score (nSPS) is 22.7. The van der Waals surface area contributed by atoms with Gasteiger partial charge < -0.3 is 5.73 Å². The Kier molecular flexibility index (Phi) is 5.29. The molecule has 4 nitrogen and oxygen atoms in total. The summed E-state index contributed by atoms with van der Waals surface area (Å²) in [5, 5.41) is 0.507. The van der Waals surface area contributed by atoms with Crippen LogP contribution in [0.3, 0.4) is 0 Å². The van der Waals surface area contributed by atoms with Gasteiger partial charge in [-0.2, -0.15) is 11.8 Å². The smallest absolute Gasteiger partial charge is 0.240 e. The van der Waals surface area contributed by atoms with E-state index in [2.05, 4.69) is 4.72 Å². The molecule has 0 spiro atoms. The zero-order valence-electron chi connectivity index (χ0n) is 12.2. The SMILES string of the molecule is CSC1CCC(NS(=O)(=O)c2cc(C)c(F)c(CN)c2)C1. The first-order valence-corrected chi connectivity index (χ1v) is 9.68. The van der Waals surface area contributed by atoms with Crippen LogP contribution in [0.4, 0.5) is 4.39 Å². The van der Waals surface area contributed by atoms with Crippen molar-refractivity contribution in [3.8, 4) is 0 Å². The molecule has 0 bridgehead atoms. The van der Waals surface area contributed by atoms with Gasteiger partial charge in [0.25, 0.3) is 0 Å². The lowest BCUT2D eigenvalue weighted by atomic mass is 10.1. The van der Waals surface area contributed by atoms with E-state index in [1.54, 1.807) is 18.7 Å². The van der Waals surface area contributed by atoms with E-state index in [4.69, 9.17) is 5.73 Å². The van der Waals surface area contributed by atoms with Crippen molar-refractivity contribution in [2.75, 3.05) is 6.26 Å². The first kappa shape index (κ1) is 16.7. The molecule has 0 aromatic heterocycles. The van der Waals surface area contributed by atoms with Crippen molar-refractivity contribution in [1.29, 1.82) is 0 Å². The Bertz CT molecular complexity index is 620. The number of nitrogens with two attached hydrogens (primary N) is 1. The van der Waals surface area contributed by atoms with Crippen molar-refractivity contribution in [2.24, 2.45) is 5.73 Å². The van der Waals surface area contributed by atoms with Gasteiger partial charge in [-0.25, -0.2) is 17.5 Å². The fraction of sp³-hybridized carbons (Fsp3) is 0.571. The summed E-state index contributed by atoms with van der Waals surface area (Å²) in [6.45, 7) is 1.53. The minimum atomic E-state index is -3.63. The van der Waals surface area contributed by atoms with Crippen LogP contribution in [0.25, 0.3) is 0 Å². The third-order valence-corrected chi connectivity index (χ3v) is 6.47. The summed E-state index contributed by atoms with van der Waals surface area (Å²) in [6.07, 6.45) is 4.74. The number of thioether (sulfide) groups is 1. The summed E-state index contributed by atoms with van der Waals surface area (Å²) in [6, 6.07) is 2.64. The van der Waals surface area contributed by atoms with Crippen LogP contribution in [0.15, 0.2) is 17.0 Å². The predicted molar refractivity (Wildman–Crippen MR) is 84.3 cm³/mol. The monoisotopic (exact) mass is 332 g/mol. The average molecular weight is 332 g/mol. The van der Waals surface area contributed by atoms with E-state index in [1.165, 1.54) is 12.1 Å². The van der Waals surface area contributed by atoms with Gasteiger partial charge in [-0.1, -0.05) is 0 Å². The predicted octanol–water partition coefficient (Wildman–Crippen LogP) is 2.16. The molecule has 0 amide bonds. The Morgan fingerprint density at radius 2 is 2.14 bits per heavy atom. The second-order valence-corrected chi connectivity index (χ2v) is 8.26. The van der Waals surface area contributed by atoms with E-state index >= 15 is 0 Å². The van der Waals surface area contributed by atoms with Crippen LogP contribution in [0.5, 0.6) is 0 Å². The number of sulfonamides is 1. The van der Waals surface area contributed by atoms with Crippen molar-refractivity contribution in [1.82, 2.24) is 4.72 Å². The summed E-state index contributed by atoms with van der Waals surface area (Å²) in [7, 11) is -3.63. The molecule has 7 heteroatoms. The van der Waals surface area contributed by atoms with Crippen LogP contribution in [0, 0.1) is 12.7 Å². The Morgan fingerprint density at radius 3 is 2.71 bits per heavy atom. The first-order valence-electron chi connectivity index (χ1n) is 6.91. The Morgan fingerprint density at radius 1 is 1.43 bits per heavy atom. The number of rotatable bonds is 5. The molecule has 1 aromatic rings. The van der Waals surface area contributed by atoms with Gasteiger partial charge >= 0.3 is 0 Å². The molecule has 3 N–H and O–H groups in total. The van der Waals surface area contributed by atoms with Crippen LogP contribution in [0.2, 0.25) is 0 Å². The first-order chi connectivity index (χ1) is 9.87. The second-order valence-electron chi connectivity index (χ2n) is 5.41. The van der Waals surface area contributed by atoms with E-state index in [0.717, 1.165) is 19.3 Å². The van der Waals surface area contributed by atoms with Crippen LogP contribution >= 0.6 is 11.8 Å². The van der Waals surface area contributed by atoms with E-state index < -0.39 is 15.8 Å². The maximum Gasteiger partial charge on any atom is 0.240 e. The van der Waals surface area contributed by atoms with E-state index in [9.17, 15) is 12.8 Å². The standard InChI is InChI=1S/C14H21FN2O2S2/c1-9-5-13(6-10(8-16)14(9)15)21(18,19)17-11-3-4-12(7-11)20-2/h5-6,11-12,17H,3-4,7-8,16H2,1-2H3. The van der Waals surface area contributed by atoms with Gasteiger partial charge in [0.05, 0.1) is 4.90 Å². The average Bonchev–Trinajstić information content (AvgIpc) is 2.88. The van der Waals surface area contributed by atoms with Gasteiger partial charge in [0.2, 0.25) is 10.0 Å². The largest absolute Gasteiger partial charge is 0.326 e. The number of aryl methyl sites for hydroxylation is 1. The molecule has 0 aliphatic heterocycles. The number of nitrogens with one attached hydrogen (secondary N) is 1. The van der Waals surface area contributed by atoms with Crippen molar-refractivity contribution in [3.63, 3.8) is 0 Å². The van der Waals surface area contributed by atoms with Crippen LogP contribution < -0.4 is 10.5 Å². The molecule has 0 radical (unpaired) electrons. The van der Waals surface area contributed by atoms with Gasteiger partial charge in [0.15, 0.2) is 0 Å². The molecule has 21 heavy (non-hydrogen) atoms. The number of hydrogen-bond donors (Lipinski definition) is 2. The van der Waals surface area contributed by atoms with E-state index in [0.29, 0.717) is 10.8 Å². The summed E-state index contributed by atoms with van der Waals surface area (Å²) in [5.74, 6) is -0.431. The molecule has 2 unspecified atom stereocenters. The highest BCUT2D eigenvalue weighted by Gasteiger charge is 2.28. The lowest BCUT2D eigenvalue weighted by Gasteiger charge is -2.15. The molecule has 2 atom stereocenters. The lowest BCUT2D eigenvalue weighted by Crippen LogP contribution is -2.33. The highest BCUT2D eigenvalue weighted by molar-refractivity contribution is 7.99. The molecule has 0 heterocycles. The van der Waals surface area contributed by atoms with E-state index in [-0.39, 0.29) is 23.0 Å². The number of hydrogen-bond acceptors (Lipinski definition) is 4. The van der Waals surface area contributed by atoms with Crippen molar-refractivity contribution >= 4 is 21.8 Å². The van der Waals surface area contributed by atoms with Gasteiger partial charge in [-0.05, 0) is 50.1 Å². The molecule has 1 saturated carbocycles. The van der Waals surface area contributed by atoms with Gasteiger partial charge in [-0.15, -0.1) is 0 Å². The molecule has 1 fully saturated rings. The highest BCUT2D eigenvalue weighted by atomic mass is 32.2. The molecule has 1 aromatic carbocycles. The zero-order valence-corrected chi connectivity index (χ0v) is 13.9. The summed E-state index contributed by atoms with van der Waals surface area (Å²) >= 11 is 1.77. The lowest BCUT2D eigenvalue weighted by molar-refractivity contribution is 0.551. The highest BCUT2D eigenvalue weighted by Crippen LogP contribution is 2.29. The van der Waals surface area contributed by atoms with Crippen molar-refractivity contribution in [2.45, 2.75) is 48.9 Å². The van der Waals surface area contributed by atoms with Crippen molar-refractivity contribution in [3.05, 3.63) is 29.1 Å². The van der Waals surface area contributed by atoms with Gasteiger partial charge in [0, 0.05) is 23.4 Å². The fourth-order valence-electron chi connectivity index (χ4n) is 2.66. The minimum absolute atomic E-state index is 0.0198. The fourth-order valence-corrected chi connectivity index (χ4v) is 4.87. The summed E-state index contributed by atoms with van der Waals surface area (Å²) in [5.41, 5.74) is 6.00. The zero-order chi connectivity index (χ0) is 15.6. The van der Waals surface area contributed by atoms with E-state index in [1.807, 2.05) is 6.26 Å². The maximum absolute atomic E-state index is 13.8. The Hall–Kier alpha value is -0.630. The number of halogens is 1. The maximum atomic E-state index is 13.8. The summed E-state index contributed by atoms with van der Waals surface area (Å²) in [4.78, 5) is 0.0921. The van der Waals surface area contributed by atoms with Gasteiger partial charge in [-0.3, -0.25) is 0 Å². The number of benzene rings is 1. The van der Waals surface area contributed by atoms with Crippen molar-refractivity contribution < 1.29 is 12.8 Å². The molecule has 1 aliphatic rings. The Labute approximate surface area is 129 Å². The summed E-state index contributed by atoms with van der Waals surface area (Å²) < 4.78 is 41.4. The molecule has 0 saturated heterocycles. The molecular formula is C14H21FN2O2S2. The van der Waals surface area contributed by atoms with Gasteiger partial charge in [0.1, 0.15) is 5.82 Å². The van der Waals surface area contributed by atoms with Crippen LogP contribution in [-0.2, 0) is 16.6 Å². The Balaban J connectivity index is 2.22. The minimum Gasteiger partial charge on any atom is -0.326 e. The molecule has 118 valence electrons. The molecule has 1 aliphatic carbocycles. The van der Waals surface area contributed by atoms with Crippen LogP contribution in [0.1, 0.15) is 30.4 Å². The third kappa shape index (κ3) is 3.77. The quantitative estimate of drug-likeness (QED) is 0.867. The topological polar surface area (TPSA) is 72.2 Å². The molecular weight excluding hydrogens is 311 g/mol.